The van der Waals surface area contributed by atoms with Gasteiger partial charge in [0.1, 0.15) is 5.75 Å². The summed E-state index contributed by atoms with van der Waals surface area (Å²) in [7, 11) is -3.64. The third-order valence-corrected chi connectivity index (χ3v) is 3.77. The molecule has 0 saturated heterocycles. The molecule has 0 spiro atoms. The highest BCUT2D eigenvalue weighted by molar-refractivity contribution is 7.48. The van der Waals surface area contributed by atoms with Gasteiger partial charge in [0.25, 0.3) is 0 Å². The van der Waals surface area contributed by atoms with E-state index in [9.17, 15) is 4.57 Å². The molecule has 21 heavy (non-hydrogen) atoms. The van der Waals surface area contributed by atoms with Crippen molar-refractivity contribution >= 4 is 7.82 Å². The Labute approximate surface area is 127 Å². The summed E-state index contributed by atoms with van der Waals surface area (Å²) in [5, 5.41) is 0. The van der Waals surface area contributed by atoms with Crippen LogP contribution >= 0.6 is 7.82 Å². The van der Waals surface area contributed by atoms with Crippen LogP contribution in [0.4, 0.5) is 0 Å². The molecule has 0 radical (unpaired) electrons. The normalized spacial score (nSPS) is 10.9. The van der Waals surface area contributed by atoms with Gasteiger partial charge >= 0.3 is 7.82 Å². The van der Waals surface area contributed by atoms with Crippen molar-refractivity contribution in [3.63, 3.8) is 0 Å². The molecular weight excluding hydrogens is 287 g/mol. The van der Waals surface area contributed by atoms with Crippen molar-refractivity contribution in [2.24, 2.45) is 0 Å². The zero-order chi connectivity index (χ0) is 15.7. The van der Waals surface area contributed by atoms with Crippen LogP contribution in [0.25, 0.3) is 0 Å². The summed E-state index contributed by atoms with van der Waals surface area (Å²) < 4.78 is 28.7. The lowest BCUT2D eigenvalue weighted by molar-refractivity contribution is 0.180. The number of benzene rings is 1. The Kier molecular flexibility index (Phi) is 7.44. The van der Waals surface area contributed by atoms with Gasteiger partial charge in [-0.1, -0.05) is 41.5 Å². The van der Waals surface area contributed by atoms with Gasteiger partial charge in [0.2, 0.25) is 0 Å². The number of allylic oxidation sites excluding steroid dienone is 2. The van der Waals surface area contributed by atoms with Crippen molar-refractivity contribution < 1.29 is 18.1 Å². The minimum Gasteiger partial charge on any atom is -0.404 e. The first-order valence-electron chi connectivity index (χ1n) is 6.82. The lowest BCUT2D eigenvalue weighted by atomic mass is 10.3. The largest absolute Gasteiger partial charge is 0.530 e. The SMILES string of the molecule is CC(C)=CCOP(=O)(OCC=C(C)C)Oc1ccccc1. The fourth-order valence-corrected chi connectivity index (χ4v) is 2.36. The summed E-state index contributed by atoms with van der Waals surface area (Å²) in [6.07, 6.45) is 3.65. The van der Waals surface area contributed by atoms with E-state index in [0.29, 0.717) is 5.75 Å². The molecule has 0 saturated carbocycles. The Hall–Kier alpha value is -1.35. The Morgan fingerprint density at radius 3 is 1.86 bits per heavy atom. The van der Waals surface area contributed by atoms with Gasteiger partial charge in [0.15, 0.2) is 0 Å². The molecule has 5 heteroatoms. The maximum atomic E-state index is 12.6. The van der Waals surface area contributed by atoms with E-state index in [1.165, 1.54) is 0 Å². The first kappa shape index (κ1) is 17.7. The number of rotatable bonds is 8. The first-order chi connectivity index (χ1) is 9.91. The van der Waals surface area contributed by atoms with Crippen LogP contribution in [-0.2, 0) is 13.6 Å². The molecule has 0 heterocycles. The van der Waals surface area contributed by atoms with Crippen LogP contribution in [0.5, 0.6) is 5.75 Å². The fraction of sp³-hybridized carbons (Fsp3) is 0.375. The number of phosphoric ester groups is 1. The monoisotopic (exact) mass is 310 g/mol. The van der Waals surface area contributed by atoms with Gasteiger partial charge in [-0.15, -0.1) is 0 Å². The quantitative estimate of drug-likeness (QED) is 0.492. The van der Waals surface area contributed by atoms with Gasteiger partial charge in [-0.2, -0.15) is 0 Å². The Bertz CT molecular complexity index is 500. The fourth-order valence-electron chi connectivity index (χ4n) is 1.29. The van der Waals surface area contributed by atoms with E-state index in [-0.39, 0.29) is 13.2 Å². The average Bonchev–Trinajstić information content (AvgIpc) is 2.38. The number of phosphoric acid groups is 1. The highest BCUT2D eigenvalue weighted by atomic mass is 31.2. The third-order valence-electron chi connectivity index (χ3n) is 2.41. The highest BCUT2D eigenvalue weighted by Gasteiger charge is 2.27. The minimum atomic E-state index is -3.64. The lowest BCUT2D eigenvalue weighted by Gasteiger charge is -2.17. The van der Waals surface area contributed by atoms with E-state index in [1.54, 1.807) is 24.3 Å². The molecule has 0 aliphatic rings. The second kappa shape index (κ2) is 8.83. The smallest absolute Gasteiger partial charge is 0.404 e. The van der Waals surface area contributed by atoms with Crippen LogP contribution in [0.1, 0.15) is 27.7 Å². The van der Waals surface area contributed by atoms with Gasteiger partial charge in [0.05, 0.1) is 13.2 Å². The third kappa shape index (κ3) is 7.86. The number of para-hydroxylation sites is 1. The van der Waals surface area contributed by atoms with Gasteiger partial charge in [-0.3, -0.25) is 9.05 Å². The van der Waals surface area contributed by atoms with Crippen molar-refractivity contribution in [1.82, 2.24) is 0 Å². The van der Waals surface area contributed by atoms with Crippen LogP contribution in [0.3, 0.4) is 0 Å². The molecule has 0 aliphatic heterocycles. The van der Waals surface area contributed by atoms with Gasteiger partial charge in [0, 0.05) is 0 Å². The number of hydrogen-bond donors (Lipinski definition) is 0. The summed E-state index contributed by atoms with van der Waals surface area (Å²) in [6, 6.07) is 8.87. The van der Waals surface area contributed by atoms with Crippen LogP contribution in [0.15, 0.2) is 53.6 Å². The van der Waals surface area contributed by atoms with E-state index in [4.69, 9.17) is 13.6 Å². The van der Waals surface area contributed by atoms with Crippen molar-refractivity contribution in [1.29, 1.82) is 0 Å². The van der Waals surface area contributed by atoms with Crippen molar-refractivity contribution in [2.75, 3.05) is 13.2 Å². The molecule has 0 aliphatic carbocycles. The van der Waals surface area contributed by atoms with Crippen LogP contribution in [-0.4, -0.2) is 13.2 Å². The second-order valence-electron chi connectivity index (χ2n) is 5.01. The molecule has 0 N–H and O–H groups in total. The van der Waals surface area contributed by atoms with Gasteiger partial charge < -0.3 is 4.52 Å². The Morgan fingerprint density at radius 2 is 1.43 bits per heavy atom. The average molecular weight is 310 g/mol. The summed E-state index contributed by atoms with van der Waals surface area (Å²) in [5.41, 5.74) is 2.15. The molecule has 1 aromatic rings. The Morgan fingerprint density at radius 1 is 0.952 bits per heavy atom. The lowest BCUT2D eigenvalue weighted by Crippen LogP contribution is -2.03. The van der Waals surface area contributed by atoms with Gasteiger partial charge in [-0.05, 0) is 39.8 Å². The molecule has 4 nitrogen and oxygen atoms in total. The molecule has 1 rings (SSSR count). The summed E-state index contributed by atoms with van der Waals surface area (Å²) in [6.45, 7) is 8.13. The molecule has 116 valence electrons. The van der Waals surface area contributed by atoms with Gasteiger partial charge in [-0.25, -0.2) is 4.57 Å². The number of hydrogen-bond acceptors (Lipinski definition) is 4. The van der Waals surface area contributed by atoms with Crippen molar-refractivity contribution in [3.05, 3.63) is 53.6 Å². The van der Waals surface area contributed by atoms with E-state index in [2.05, 4.69) is 0 Å². The maximum absolute atomic E-state index is 12.6. The molecular formula is C16H23O4P. The minimum absolute atomic E-state index is 0.182. The van der Waals surface area contributed by atoms with Crippen LogP contribution in [0, 0.1) is 0 Å². The molecule has 0 amide bonds. The molecule has 0 bridgehead atoms. The summed E-state index contributed by atoms with van der Waals surface area (Å²) in [4.78, 5) is 0. The standard InChI is InChI=1S/C16H23O4P/c1-14(2)10-12-18-21(17,19-13-11-15(3)4)20-16-8-6-5-7-9-16/h5-11H,12-13H2,1-4H3. The Balaban J connectivity index is 2.75. The van der Waals surface area contributed by atoms with E-state index in [1.807, 2.05) is 45.9 Å². The van der Waals surface area contributed by atoms with E-state index in [0.717, 1.165) is 11.1 Å². The zero-order valence-electron chi connectivity index (χ0n) is 13.0. The highest BCUT2D eigenvalue weighted by Crippen LogP contribution is 2.49. The van der Waals surface area contributed by atoms with E-state index < -0.39 is 7.82 Å². The second-order valence-corrected chi connectivity index (χ2v) is 6.60. The molecule has 0 unspecified atom stereocenters. The first-order valence-corrected chi connectivity index (χ1v) is 8.28. The zero-order valence-corrected chi connectivity index (χ0v) is 13.9. The molecule has 0 atom stereocenters. The van der Waals surface area contributed by atoms with Crippen molar-refractivity contribution in [3.8, 4) is 5.75 Å². The molecule has 1 aromatic carbocycles. The molecule has 0 aromatic heterocycles. The molecule has 0 fully saturated rings. The predicted octanol–water partition coefficient (Wildman–Crippen LogP) is 5.14. The van der Waals surface area contributed by atoms with Crippen LogP contribution in [0.2, 0.25) is 0 Å². The maximum Gasteiger partial charge on any atom is 0.530 e. The van der Waals surface area contributed by atoms with E-state index >= 15 is 0 Å². The predicted molar refractivity (Wildman–Crippen MR) is 85.4 cm³/mol. The summed E-state index contributed by atoms with van der Waals surface area (Å²) in [5.74, 6) is 0.454. The van der Waals surface area contributed by atoms with Crippen molar-refractivity contribution in [2.45, 2.75) is 27.7 Å². The van der Waals surface area contributed by atoms with Crippen LogP contribution < -0.4 is 4.52 Å². The topological polar surface area (TPSA) is 44.8 Å². The summed E-state index contributed by atoms with van der Waals surface area (Å²) >= 11 is 0.